The van der Waals surface area contributed by atoms with Crippen LogP contribution in [0.3, 0.4) is 0 Å². The van der Waals surface area contributed by atoms with E-state index in [0.717, 1.165) is 17.5 Å². The summed E-state index contributed by atoms with van der Waals surface area (Å²) in [6, 6.07) is 4.86. The molecule has 7 nitrogen and oxygen atoms in total. The van der Waals surface area contributed by atoms with Gasteiger partial charge in [0.15, 0.2) is 0 Å². The molecule has 128 valence electrons. The second-order valence-corrected chi connectivity index (χ2v) is 7.40. The van der Waals surface area contributed by atoms with Crippen LogP contribution in [-0.2, 0) is 32.8 Å². The lowest BCUT2D eigenvalue weighted by Crippen LogP contribution is -2.40. The van der Waals surface area contributed by atoms with Crippen molar-refractivity contribution in [2.45, 2.75) is 30.6 Å². The molecule has 1 aromatic rings. The van der Waals surface area contributed by atoms with Gasteiger partial charge in [-0.25, -0.2) is 13.1 Å². The second kappa shape index (κ2) is 7.14. The minimum absolute atomic E-state index is 0. The van der Waals surface area contributed by atoms with Gasteiger partial charge in [0.1, 0.15) is 0 Å². The second-order valence-electron chi connectivity index (χ2n) is 5.64. The van der Waals surface area contributed by atoms with Crippen molar-refractivity contribution in [3.05, 3.63) is 29.3 Å². The van der Waals surface area contributed by atoms with Crippen molar-refractivity contribution in [1.29, 1.82) is 0 Å². The van der Waals surface area contributed by atoms with Crippen molar-refractivity contribution in [1.82, 2.24) is 9.62 Å². The Morgan fingerprint density at radius 1 is 1.35 bits per heavy atom. The van der Waals surface area contributed by atoms with Crippen LogP contribution in [0.15, 0.2) is 23.1 Å². The van der Waals surface area contributed by atoms with Gasteiger partial charge in [-0.05, 0) is 29.7 Å². The molecule has 3 rings (SSSR count). The van der Waals surface area contributed by atoms with Gasteiger partial charge >= 0.3 is 0 Å². The normalized spacial score (nSPS) is 20.2. The van der Waals surface area contributed by atoms with Crippen LogP contribution in [0.4, 0.5) is 0 Å². The molecule has 1 amide bonds. The first kappa shape index (κ1) is 18.2. The van der Waals surface area contributed by atoms with Crippen LogP contribution < -0.4 is 10.5 Å². The van der Waals surface area contributed by atoms with Crippen LogP contribution in [0.5, 0.6) is 0 Å². The fourth-order valence-electron chi connectivity index (χ4n) is 2.68. The average molecular weight is 362 g/mol. The number of sulfonamides is 1. The summed E-state index contributed by atoms with van der Waals surface area (Å²) in [6.07, 6.45) is 0.753. The zero-order chi connectivity index (χ0) is 15.7. The molecule has 1 atom stereocenters. The molecule has 9 heteroatoms. The van der Waals surface area contributed by atoms with Crippen LogP contribution in [0, 0.1) is 0 Å². The molecule has 3 N–H and O–H groups in total. The maximum absolute atomic E-state index is 12.3. The summed E-state index contributed by atoms with van der Waals surface area (Å²) in [4.78, 5) is 13.7. The van der Waals surface area contributed by atoms with Gasteiger partial charge in [-0.2, -0.15) is 0 Å². The highest BCUT2D eigenvalue weighted by Crippen LogP contribution is 2.22. The molecule has 0 spiro atoms. The smallest absolute Gasteiger partial charge is 0.241 e. The number of nitrogens with zero attached hydrogens (tertiary/aromatic N) is 1. The van der Waals surface area contributed by atoms with Gasteiger partial charge in [0.2, 0.25) is 15.9 Å². The Labute approximate surface area is 141 Å². The third-order valence-corrected chi connectivity index (χ3v) is 5.39. The van der Waals surface area contributed by atoms with E-state index in [2.05, 4.69) is 4.72 Å². The molecule has 0 bridgehead atoms. The summed E-state index contributed by atoms with van der Waals surface area (Å²) >= 11 is 0. The molecule has 1 fully saturated rings. The monoisotopic (exact) mass is 361 g/mol. The molecule has 0 aliphatic carbocycles. The maximum Gasteiger partial charge on any atom is 0.241 e. The fourth-order valence-corrected chi connectivity index (χ4v) is 3.71. The predicted octanol–water partition coefficient (Wildman–Crippen LogP) is -0.0235. The number of carbonyl (C=O) groups is 1. The molecular formula is C14H20ClN3O4S. The van der Waals surface area contributed by atoms with E-state index in [1.54, 1.807) is 17.0 Å². The quantitative estimate of drug-likeness (QED) is 0.784. The first-order valence-corrected chi connectivity index (χ1v) is 8.66. The summed E-state index contributed by atoms with van der Waals surface area (Å²) < 4.78 is 32.2. The third-order valence-electron chi connectivity index (χ3n) is 3.99. The van der Waals surface area contributed by atoms with Crippen LogP contribution >= 0.6 is 12.4 Å². The van der Waals surface area contributed by atoms with Gasteiger partial charge in [0.05, 0.1) is 24.7 Å². The number of benzene rings is 1. The maximum atomic E-state index is 12.3. The van der Waals surface area contributed by atoms with Crippen molar-refractivity contribution in [2.24, 2.45) is 5.73 Å². The number of carbonyl (C=O) groups excluding carboxylic acids is 1. The van der Waals surface area contributed by atoms with Gasteiger partial charge in [-0.3, -0.25) is 4.79 Å². The molecule has 0 aromatic heterocycles. The number of hydrogen-bond acceptors (Lipinski definition) is 5. The van der Waals surface area contributed by atoms with Gasteiger partial charge in [0.25, 0.3) is 0 Å². The summed E-state index contributed by atoms with van der Waals surface area (Å²) in [5, 5.41) is 0. The first-order chi connectivity index (χ1) is 10.5. The van der Waals surface area contributed by atoms with Gasteiger partial charge in [0, 0.05) is 19.1 Å². The van der Waals surface area contributed by atoms with E-state index in [0.29, 0.717) is 26.3 Å². The Hall–Kier alpha value is -1.19. The van der Waals surface area contributed by atoms with Gasteiger partial charge in [-0.15, -0.1) is 12.4 Å². The van der Waals surface area contributed by atoms with E-state index in [4.69, 9.17) is 10.5 Å². The van der Waals surface area contributed by atoms with Crippen LogP contribution in [-0.4, -0.2) is 44.9 Å². The SMILES string of the molecule is Cl.N[C@@H]1CCN(C(=O)CNS(=O)(=O)c2ccc3c(c2)COC3)C1. The molecular weight excluding hydrogens is 342 g/mol. The number of ether oxygens (including phenoxy) is 1. The Morgan fingerprint density at radius 2 is 2.09 bits per heavy atom. The van der Waals surface area contributed by atoms with E-state index >= 15 is 0 Å². The van der Waals surface area contributed by atoms with Crippen molar-refractivity contribution < 1.29 is 17.9 Å². The fraction of sp³-hybridized carbons (Fsp3) is 0.500. The number of likely N-dealkylation sites (tertiary alicyclic amines) is 1. The number of hydrogen-bond donors (Lipinski definition) is 2. The summed E-state index contributed by atoms with van der Waals surface area (Å²) in [5.41, 5.74) is 7.62. The molecule has 23 heavy (non-hydrogen) atoms. The van der Waals surface area contributed by atoms with Gasteiger partial charge in [-0.1, -0.05) is 6.07 Å². The third kappa shape index (κ3) is 4.02. The number of rotatable bonds is 4. The summed E-state index contributed by atoms with van der Waals surface area (Å²) in [5.74, 6) is -0.249. The molecule has 1 saturated heterocycles. The lowest BCUT2D eigenvalue weighted by Gasteiger charge is -2.16. The Balaban J connectivity index is 0.00000192. The van der Waals surface area contributed by atoms with Crippen molar-refractivity contribution >= 4 is 28.3 Å². The van der Waals surface area contributed by atoms with Gasteiger partial charge < -0.3 is 15.4 Å². The topological polar surface area (TPSA) is 102 Å². The van der Waals surface area contributed by atoms with E-state index in [1.807, 2.05) is 0 Å². The minimum Gasteiger partial charge on any atom is -0.372 e. The number of amides is 1. The van der Waals surface area contributed by atoms with E-state index < -0.39 is 10.0 Å². The molecule has 0 saturated carbocycles. The van der Waals surface area contributed by atoms with Crippen molar-refractivity contribution in [3.63, 3.8) is 0 Å². The van der Waals surface area contributed by atoms with E-state index in [1.165, 1.54) is 6.07 Å². The highest BCUT2D eigenvalue weighted by atomic mass is 35.5. The van der Waals surface area contributed by atoms with E-state index in [-0.39, 0.29) is 35.8 Å². The first-order valence-electron chi connectivity index (χ1n) is 7.18. The predicted molar refractivity (Wildman–Crippen MR) is 86.5 cm³/mol. The van der Waals surface area contributed by atoms with E-state index in [9.17, 15) is 13.2 Å². The van der Waals surface area contributed by atoms with Crippen molar-refractivity contribution in [2.75, 3.05) is 19.6 Å². The molecule has 2 heterocycles. The minimum atomic E-state index is -3.70. The number of fused-ring (bicyclic) bond motifs is 1. The molecule has 2 aliphatic rings. The largest absolute Gasteiger partial charge is 0.372 e. The van der Waals surface area contributed by atoms with Crippen molar-refractivity contribution in [3.8, 4) is 0 Å². The zero-order valence-electron chi connectivity index (χ0n) is 12.5. The summed E-state index contributed by atoms with van der Waals surface area (Å²) in [6.45, 7) is 1.75. The lowest BCUT2D eigenvalue weighted by atomic mass is 10.1. The Bertz CT molecular complexity index is 695. The Morgan fingerprint density at radius 3 is 2.78 bits per heavy atom. The Kier molecular flexibility index (Phi) is 5.64. The van der Waals surface area contributed by atoms with Crippen LogP contribution in [0.25, 0.3) is 0 Å². The molecule has 0 unspecified atom stereocenters. The highest BCUT2D eigenvalue weighted by Gasteiger charge is 2.25. The van der Waals surface area contributed by atoms with Crippen LogP contribution in [0.1, 0.15) is 17.5 Å². The average Bonchev–Trinajstić information content (AvgIpc) is 3.12. The number of nitrogens with one attached hydrogen (secondary N) is 1. The molecule has 2 aliphatic heterocycles. The molecule has 0 radical (unpaired) electrons. The number of halogens is 1. The lowest BCUT2D eigenvalue weighted by molar-refractivity contribution is -0.128. The zero-order valence-corrected chi connectivity index (χ0v) is 14.2. The standard InChI is InChI=1S/C14H19N3O4S.ClH/c15-12-3-4-17(7-12)14(18)6-16-22(19,20)13-2-1-10-8-21-9-11(10)5-13;/h1-2,5,12,16H,3-4,6-9,15H2;1H/t12-;/m1./s1. The molecule has 1 aromatic carbocycles. The highest BCUT2D eigenvalue weighted by molar-refractivity contribution is 7.89. The summed E-state index contributed by atoms with van der Waals surface area (Å²) in [7, 11) is -3.70. The number of nitrogens with two attached hydrogens (primary N) is 1. The van der Waals surface area contributed by atoms with Crippen LogP contribution in [0.2, 0.25) is 0 Å².